The monoisotopic (exact) mass is 520 g/mol. The summed E-state index contributed by atoms with van der Waals surface area (Å²) < 4.78 is 10.9. The Labute approximate surface area is 192 Å². The number of ether oxygens (including phenoxy) is 2. The molecule has 0 aliphatic carbocycles. The van der Waals surface area contributed by atoms with Crippen LogP contribution in [0.4, 0.5) is 4.79 Å². The highest BCUT2D eigenvalue weighted by molar-refractivity contribution is 14.0. The van der Waals surface area contributed by atoms with Crippen molar-refractivity contribution in [2.24, 2.45) is 4.99 Å². The van der Waals surface area contributed by atoms with Gasteiger partial charge in [-0.1, -0.05) is 30.3 Å². The lowest BCUT2D eigenvalue weighted by Gasteiger charge is -2.19. The molecule has 7 nitrogen and oxygen atoms in total. The van der Waals surface area contributed by atoms with Gasteiger partial charge < -0.3 is 25.4 Å². The Balaban J connectivity index is 0.00000784. The van der Waals surface area contributed by atoms with Gasteiger partial charge in [0.2, 0.25) is 0 Å². The minimum absolute atomic E-state index is 0. The minimum atomic E-state index is -0.486. The number of amides is 1. The normalized spacial score (nSPS) is 11.4. The van der Waals surface area contributed by atoms with E-state index in [1.165, 1.54) is 5.56 Å². The molecule has 0 fully saturated rings. The molecule has 0 radical (unpaired) electrons. The van der Waals surface area contributed by atoms with Crippen LogP contribution < -0.4 is 16.0 Å². The summed E-state index contributed by atoms with van der Waals surface area (Å²) in [6.07, 6.45) is 2.54. The fourth-order valence-electron chi connectivity index (χ4n) is 2.35. The lowest BCUT2D eigenvalue weighted by Crippen LogP contribution is -2.42. The molecule has 0 heterocycles. The number of hydrogen-bond donors (Lipinski definition) is 3. The van der Waals surface area contributed by atoms with Crippen molar-refractivity contribution >= 4 is 36.0 Å². The predicted molar refractivity (Wildman–Crippen MR) is 129 cm³/mol. The van der Waals surface area contributed by atoms with Crippen LogP contribution in [0.2, 0.25) is 0 Å². The van der Waals surface area contributed by atoms with E-state index >= 15 is 0 Å². The maximum atomic E-state index is 11.6. The molecule has 1 rings (SSSR count). The Kier molecular flexibility index (Phi) is 15.4. The summed E-state index contributed by atoms with van der Waals surface area (Å²) in [7, 11) is 1.73. The molecule has 0 aliphatic rings. The van der Waals surface area contributed by atoms with E-state index in [9.17, 15) is 4.79 Å². The second kappa shape index (κ2) is 16.3. The zero-order chi connectivity index (χ0) is 20.7. The van der Waals surface area contributed by atoms with E-state index in [-0.39, 0.29) is 24.0 Å². The van der Waals surface area contributed by atoms with Crippen LogP contribution in [0.15, 0.2) is 35.3 Å². The fraction of sp³-hybridized carbons (Fsp3) is 0.619. The highest BCUT2D eigenvalue weighted by atomic mass is 127. The minimum Gasteiger partial charge on any atom is -0.444 e. The largest absolute Gasteiger partial charge is 0.444 e. The van der Waals surface area contributed by atoms with E-state index in [4.69, 9.17) is 9.47 Å². The van der Waals surface area contributed by atoms with Gasteiger partial charge >= 0.3 is 6.09 Å². The molecule has 0 bridgehead atoms. The molecule has 0 aromatic heterocycles. The van der Waals surface area contributed by atoms with Gasteiger partial charge in [0.25, 0.3) is 0 Å². The number of carbonyl (C=O) groups is 1. The van der Waals surface area contributed by atoms with E-state index in [1.54, 1.807) is 7.05 Å². The summed E-state index contributed by atoms with van der Waals surface area (Å²) >= 11 is 0. The highest BCUT2D eigenvalue weighted by Crippen LogP contribution is 2.06. The SMILES string of the molecule is CN=C(NCCCCOCCc1ccccc1)NCCNC(=O)OC(C)(C)C.I. The molecule has 8 heteroatoms. The Morgan fingerprint density at radius 1 is 0.966 bits per heavy atom. The molecular formula is C21H37IN4O3. The standard InChI is InChI=1S/C21H36N4O3.HI/c1-21(2,3)28-20(26)25-15-14-24-19(22-4)23-13-8-9-16-27-17-12-18-10-6-5-7-11-18;/h5-7,10-11H,8-9,12-17H2,1-4H3,(H,25,26)(H2,22,23,24);1H. The van der Waals surface area contributed by atoms with E-state index < -0.39 is 11.7 Å². The molecule has 1 amide bonds. The lowest BCUT2D eigenvalue weighted by molar-refractivity contribution is 0.0529. The molecule has 166 valence electrons. The van der Waals surface area contributed by atoms with E-state index in [0.29, 0.717) is 13.1 Å². The molecule has 0 spiro atoms. The predicted octanol–water partition coefficient (Wildman–Crippen LogP) is 3.33. The van der Waals surface area contributed by atoms with Gasteiger partial charge in [-0.15, -0.1) is 24.0 Å². The number of aliphatic imine (C=N–C) groups is 1. The van der Waals surface area contributed by atoms with Crippen molar-refractivity contribution in [3.63, 3.8) is 0 Å². The average Bonchev–Trinajstić information content (AvgIpc) is 2.65. The first-order chi connectivity index (χ1) is 13.4. The second-order valence-corrected chi connectivity index (χ2v) is 7.41. The first kappa shape index (κ1) is 27.5. The average molecular weight is 520 g/mol. The molecule has 0 saturated heterocycles. The number of benzene rings is 1. The smallest absolute Gasteiger partial charge is 0.407 e. The fourth-order valence-corrected chi connectivity index (χ4v) is 2.35. The van der Waals surface area contributed by atoms with Crippen molar-refractivity contribution in [1.29, 1.82) is 0 Å². The van der Waals surface area contributed by atoms with Gasteiger partial charge in [0.1, 0.15) is 5.60 Å². The van der Waals surface area contributed by atoms with Gasteiger partial charge in [-0.25, -0.2) is 4.79 Å². The number of rotatable bonds is 11. The number of unbranched alkanes of at least 4 members (excludes halogenated alkanes) is 1. The van der Waals surface area contributed by atoms with Gasteiger partial charge in [-0.2, -0.15) is 0 Å². The molecule has 29 heavy (non-hydrogen) atoms. The summed E-state index contributed by atoms with van der Waals surface area (Å²) in [6, 6.07) is 10.4. The van der Waals surface area contributed by atoms with Crippen molar-refractivity contribution in [2.75, 3.05) is 39.9 Å². The molecular weight excluding hydrogens is 483 g/mol. The van der Waals surface area contributed by atoms with Gasteiger partial charge in [0.05, 0.1) is 6.61 Å². The van der Waals surface area contributed by atoms with Crippen LogP contribution in [0.5, 0.6) is 0 Å². The summed E-state index contributed by atoms with van der Waals surface area (Å²) in [5.74, 6) is 0.719. The third-order valence-corrected chi connectivity index (χ3v) is 3.70. The van der Waals surface area contributed by atoms with Gasteiger partial charge in [0, 0.05) is 33.3 Å². The first-order valence-corrected chi connectivity index (χ1v) is 9.94. The molecule has 0 saturated carbocycles. The van der Waals surface area contributed by atoms with E-state index in [0.717, 1.165) is 45.0 Å². The molecule has 3 N–H and O–H groups in total. The highest BCUT2D eigenvalue weighted by Gasteiger charge is 2.15. The van der Waals surface area contributed by atoms with Crippen LogP contribution >= 0.6 is 24.0 Å². The maximum absolute atomic E-state index is 11.6. The number of alkyl carbamates (subject to hydrolysis) is 1. The zero-order valence-corrected chi connectivity index (χ0v) is 20.5. The van der Waals surface area contributed by atoms with E-state index in [2.05, 4.69) is 45.2 Å². The van der Waals surface area contributed by atoms with Crippen LogP contribution in [0.3, 0.4) is 0 Å². The van der Waals surface area contributed by atoms with Crippen LogP contribution in [0, 0.1) is 0 Å². The Morgan fingerprint density at radius 2 is 1.62 bits per heavy atom. The molecule has 1 aromatic carbocycles. The molecule has 0 unspecified atom stereocenters. The van der Waals surface area contributed by atoms with Crippen molar-refractivity contribution in [3.8, 4) is 0 Å². The Hall–Kier alpha value is -1.55. The topological polar surface area (TPSA) is 84.0 Å². The maximum Gasteiger partial charge on any atom is 0.407 e. The van der Waals surface area contributed by atoms with Crippen LogP contribution in [-0.4, -0.2) is 57.5 Å². The van der Waals surface area contributed by atoms with Crippen molar-refractivity contribution in [2.45, 2.75) is 45.6 Å². The first-order valence-electron chi connectivity index (χ1n) is 9.94. The summed E-state index contributed by atoms with van der Waals surface area (Å²) in [6.45, 7) is 8.89. The third kappa shape index (κ3) is 16.0. The lowest BCUT2D eigenvalue weighted by atomic mass is 10.2. The summed E-state index contributed by atoms with van der Waals surface area (Å²) in [5.41, 5.74) is 0.820. The van der Waals surface area contributed by atoms with Gasteiger partial charge in [0.15, 0.2) is 5.96 Å². The number of nitrogens with zero attached hydrogens (tertiary/aromatic N) is 1. The number of guanidine groups is 1. The second-order valence-electron chi connectivity index (χ2n) is 7.41. The van der Waals surface area contributed by atoms with Crippen LogP contribution in [0.25, 0.3) is 0 Å². The van der Waals surface area contributed by atoms with Crippen molar-refractivity contribution in [1.82, 2.24) is 16.0 Å². The van der Waals surface area contributed by atoms with Crippen LogP contribution in [0.1, 0.15) is 39.2 Å². The third-order valence-electron chi connectivity index (χ3n) is 3.70. The summed E-state index contributed by atoms with van der Waals surface area (Å²) in [4.78, 5) is 15.7. The molecule has 0 atom stereocenters. The zero-order valence-electron chi connectivity index (χ0n) is 18.1. The van der Waals surface area contributed by atoms with Gasteiger partial charge in [-0.3, -0.25) is 4.99 Å². The number of hydrogen-bond acceptors (Lipinski definition) is 4. The van der Waals surface area contributed by atoms with Crippen LogP contribution in [-0.2, 0) is 15.9 Å². The number of nitrogens with one attached hydrogen (secondary N) is 3. The molecule has 1 aromatic rings. The summed E-state index contributed by atoms with van der Waals surface area (Å²) in [5, 5.41) is 9.11. The Morgan fingerprint density at radius 3 is 2.28 bits per heavy atom. The van der Waals surface area contributed by atoms with E-state index in [1.807, 2.05) is 26.8 Å². The van der Waals surface area contributed by atoms with Crippen molar-refractivity contribution in [3.05, 3.63) is 35.9 Å². The molecule has 0 aliphatic heterocycles. The van der Waals surface area contributed by atoms with Gasteiger partial charge in [-0.05, 0) is 45.6 Å². The van der Waals surface area contributed by atoms with Crippen molar-refractivity contribution < 1.29 is 14.3 Å². The number of halogens is 1. The quantitative estimate of drug-likeness (QED) is 0.181. The number of carbonyl (C=O) groups excluding carboxylic acids is 1. The Bertz CT molecular complexity index is 577.